The molecule has 0 fully saturated rings. The van der Waals surface area contributed by atoms with Crippen LogP contribution in [0.25, 0.3) is 11.5 Å². The number of ether oxygens (including phenoxy) is 1. The van der Waals surface area contributed by atoms with Gasteiger partial charge in [-0.05, 0) is 36.8 Å². The van der Waals surface area contributed by atoms with E-state index in [1.807, 2.05) is 13.0 Å². The van der Waals surface area contributed by atoms with E-state index in [0.717, 1.165) is 25.0 Å². The number of hydrogen-bond donors (Lipinski definition) is 0. The number of nitrogens with zero attached hydrogens (tertiary/aromatic N) is 4. The van der Waals surface area contributed by atoms with Gasteiger partial charge in [0.15, 0.2) is 11.6 Å². The van der Waals surface area contributed by atoms with Crippen LogP contribution < -0.4 is 9.64 Å². The monoisotopic (exact) mass is 416 g/mol. The molecule has 0 bridgehead atoms. The van der Waals surface area contributed by atoms with Crippen LogP contribution in [0.15, 0.2) is 47.1 Å². The molecule has 30 heavy (non-hydrogen) atoms. The quantitative estimate of drug-likeness (QED) is 0.469. The van der Waals surface area contributed by atoms with Gasteiger partial charge in [0.2, 0.25) is 0 Å². The lowest BCUT2D eigenvalue weighted by atomic mass is 10.1. The van der Waals surface area contributed by atoms with Crippen LogP contribution >= 0.6 is 0 Å². The molecule has 2 heterocycles. The average molecular weight is 416 g/mol. The lowest BCUT2D eigenvalue weighted by Gasteiger charge is -2.22. The fourth-order valence-corrected chi connectivity index (χ4v) is 2.75. The van der Waals surface area contributed by atoms with Crippen LogP contribution in [0.2, 0.25) is 0 Å². The third-order valence-electron chi connectivity index (χ3n) is 4.34. The van der Waals surface area contributed by atoms with Crippen LogP contribution in [0.1, 0.15) is 30.9 Å². The van der Waals surface area contributed by atoms with Crippen molar-refractivity contribution in [3.63, 3.8) is 0 Å². The molecule has 0 saturated heterocycles. The zero-order valence-electron chi connectivity index (χ0n) is 16.4. The first-order chi connectivity index (χ1) is 14.3. The van der Waals surface area contributed by atoms with E-state index in [4.69, 9.17) is 9.15 Å². The summed E-state index contributed by atoms with van der Waals surface area (Å²) >= 11 is 0. The molecule has 0 radical (unpaired) electrons. The summed E-state index contributed by atoms with van der Waals surface area (Å²) in [6, 6.07) is 10.1. The number of unbranched alkanes of at least 4 members (excludes halogenated alkanes) is 1. The van der Waals surface area contributed by atoms with E-state index < -0.39 is 11.7 Å². The first-order valence-electron chi connectivity index (χ1n) is 9.25. The molecule has 0 amide bonds. The Balaban J connectivity index is 2.11. The van der Waals surface area contributed by atoms with E-state index in [1.165, 1.54) is 30.3 Å². The third kappa shape index (κ3) is 4.54. The zero-order valence-corrected chi connectivity index (χ0v) is 16.4. The molecular formula is C21H19F3N4O2. The normalized spacial score (nSPS) is 11.2. The standard InChI is InChI=1S/C21H19F3N4O2/c1-3-4-10-30-20-26-18(17-9-6-11-29-17)16(13-25)19(27-20)28(2)15-8-5-7-14(12-15)21(22,23)24/h5-9,11-12H,3-4,10H2,1-2H3. The molecule has 156 valence electrons. The Labute approximate surface area is 171 Å². The molecule has 0 atom stereocenters. The number of nitriles is 1. The van der Waals surface area contributed by atoms with Gasteiger partial charge in [0, 0.05) is 12.7 Å². The van der Waals surface area contributed by atoms with E-state index in [9.17, 15) is 18.4 Å². The summed E-state index contributed by atoms with van der Waals surface area (Å²) in [5.74, 6) is 0.442. The Kier molecular flexibility index (Phi) is 6.26. The SMILES string of the molecule is CCCCOc1nc(-c2ccco2)c(C#N)c(N(C)c2cccc(C(F)(F)F)c2)n1. The van der Waals surface area contributed by atoms with Gasteiger partial charge in [-0.2, -0.15) is 28.4 Å². The maximum absolute atomic E-state index is 13.1. The second-order valence-corrected chi connectivity index (χ2v) is 6.45. The largest absolute Gasteiger partial charge is 0.463 e. The van der Waals surface area contributed by atoms with E-state index in [1.54, 1.807) is 12.1 Å². The Morgan fingerprint density at radius 3 is 2.63 bits per heavy atom. The van der Waals surface area contributed by atoms with Crippen LogP contribution in [0.4, 0.5) is 24.7 Å². The van der Waals surface area contributed by atoms with Crippen molar-refractivity contribution in [1.29, 1.82) is 5.26 Å². The van der Waals surface area contributed by atoms with Crippen molar-refractivity contribution >= 4 is 11.5 Å². The molecule has 6 nitrogen and oxygen atoms in total. The molecule has 2 aromatic heterocycles. The van der Waals surface area contributed by atoms with Crippen molar-refractivity contribution in [3.8, 4) is 23.5 Å². The van der Waals surface area contributed by atoms with Crippen molar-refractivity contribution in [2.45, 2.75) is 25.9 Å². The Morgan fingerprint density at radius 1 is 1.20 bits per heavy atom. The highest BCUT2D eigenvalue weighted by Crippen LogP contribution is 2.36. The van der Waals surface area contributed by atoms with E-state index in [2.05, 4.69) is 9.97 Å². The molecule has 0 aliphatic carbocycles. The second kappa shape index (κ2) is 8.86. The smallest absolute Gasteiger partial charge is 0.416 e. The van der Waals surface area contributed by atoms with Crippen molar-refractivity contribution in [3.05, 3.63) is 53.8 Å². The Morgan fingerprint density at radius 2 is 2.00 bits per heavy atom. The van der Waals surface area contributed by atoms with E-state index >= 15 is 0 Å². The maximum atomic E-state index is 13.1. The molecule has 0 aliphatic rings. The summed E-state index contributed by atoms with van der Waals surface area (Å²) in [6.07, 6.45) is -1.38. The minimum atomic E-state index is -4.49. The molecule has 0 aliphatic heterocycles. The van der Waals surface area contributed by atoms with Gasteiger partial charge < -0.3 is 14.1 Å². The topological polar surface area (TPSA) is 75.2 Å². The van der Waals surface area contributed by atoms with Gasteiger partial charge in [-0.3, -0.25) is 0 Å². The lowest BCUT2D eigenvalue weighted by Crippen LogP contribution is -2.16. The van der Waals surface area contributed by atoms with Gasteiger partial charge in [0.05, 0.1) is 18.4 Å². The summed E-state index contributed by atoms with van der Waals surface area (Å²) in [7, 11) is 1.53. The van der Waals surface area contributed by atoms with Crippen LogP contribution in [-0.4, -0.2) is 23.6 Å². The number of halogens is 3. The van der Waals surface area contributed by atoms with Crippen LogP contribution in [0.5, 0.6) is 6.01 Å². The van der Waals surface area contributed by atoms with Crippen LogP contribution in [-0.2, 0) is 6.18 Å². The number of alkyl halides is 3. The third-order valence-corrected chi connectivity index (χ3v) is 4.34. The fraction of sp³-hybridized carbons (Fsp3) is 0.286. The molecule has 9 heteroatoms. The highest BCUT2D eigenvalue weighted by atomic mass is 19.4. The molecule has 1 aromatic carbocycles. The predicted molar refractivity (Wildman–Crippen MR) is 104 cm³/mol. The van der Waals surface area contributed by atoms with Gasteiger partial charge in [-0.1, -0.05) is 19.4 Å². The lowest BCUT2D eigenvalue weighted by molar-refractivity contribution is -0.137. The Hall–Kier alpha value is -3.54. The number of hydrogen-bond acceptors (Lipinski definition) is 6. The van der Waals surface area contributed by atoms with E-state index in [0.29, 0.717) is 12.4 Å². The maximum Gasteiger partial charge on any atom is 0.416 e. The first-order valence-corrected chi connectivity index (χ1v) is 9.25. The average Bonchev–Trinajstić information content (AvgIpc) is 3.27. The highest BCUT2D eigenvalue weighted by molar-refractivity contribution is 5.74. The second-order valence-electron chi connectivity index (χ2n) is 6.45. The molecule has 0 saturated carbocycles. The molecular weight excluding hydrogens is 397 g/mol. The van der Waals surface area contributed by atoms with Crippen molar-refractivity contribution < 1.29 is 22.3 Å². The van der Waals surface area contributed by atoms with Crippen LogP contribution in [0, 0.1) is 11.3 Å². The Bertz CT molecular complexity index is 1040. The minimum absolute atomic E-state index is 0.0164. The summed E-state index contributed by atoms with van der Waals surface area (Å²) < 4.78 is 50.4. The van der Waals surface area contributed by atoms with Crippen LogP contribution in [0.3, 0.4) is 0 Å². The van der Waals surface area contributed by atoms with Gasteiger partial charge in [-0.25, -0.2) is 0 Å². The molecule has 0 spiro atoms. The summed E-state index contributed by atoms with van der Waals surface area (Å²) in [6.45, 7) is 2.37. The van der Waals surface area contributed by atoms with Crippen molar-refractivity contribution in [1.82, 2.24) is 9.97 Å². The van der Waals surface area contributed by atoms with Gasteiger partial charge in [0.25, 0.3) is 0 Å². The molecule has 0 unspecified atom stereocenters. The number of benzene rings is 1. The summed E-state index contributed by atoms with van der Waals surface area (Å²) in [4.78, 5) is 9.99. The molecule has 0 N–H and O–H groups in total. The summed E-state index contributed by atoms with van der Waals surface area (Å²) in [5.41, 5.74) is -0.319. The van der Waals surface area contributed by atoms with Gasteiger partial charge >= 0.3 is 12.2 Å². The van der Waals surface area contributed by atoms with E-state index in [-0.39, 0.29) is 28.8 Å². The fourth-order valence-electron chi connectivity index (χ4n) is 2.75. The molecule has 3 rings (SSSR count). The van der Waals surface area contributed by atoms with Crippen molar-refractivity contribution in [2.75, 3.05) is 18.6 Å². The van der Waals surface area contributed by atoms with Crippen molar-refractivity contribution in [2.24, 2.45) is 0 Å². The number of furan rings is 1. The number of rotatable bonds is 7. The number of anilines is 2. The zero-order chi connectivity index (χ0) is 21.7. The minimum Gasteiger partial charge on any atom is -0.463 e. The predicted octanol–water partition coefficient (Wildman–Crippen LogP) is 5.57. The highest BCUT2D eigenvalue weighted by Gasteiger charge is 2.31. The molecule has 3 aromatic rings. The summed E-state index contributed by atoms with van der Waals surface area (Å²) in [5, 5.41) is 9.76. The van der Waals surface area contributed by atoms with Gasteiger partial charge in [-0.15, -0.1) is 0 Å². The number of aromatic nitrogens is 2. The first kappa shape index (κ1) is 21.2. The van der Waals surface area contributed by atoms with Gasteiger partial charge in [0.1, 0.15) is 17.3 Å².